The molecule has 11 heteroatoms. The number of carbonyl (C=O) groups excluding carboxylic acids is 2. The monoisotopic (exact) mass is 519 g/mol. The van der Waals surface area contributed by atoms with Crippen LogP contribution in [0.25, 0.3) is 0 Å². The van der Waals surface area contributed by atoms with E-state index in [-0.39, 0.29) is 23.3 Å². The van der Waals surface area contributed by atoms with Gasteiger partial charge in [-0.25, -0.2) is 8.42 Å². The minimum absolute atomic E-state index is 0.129. The Balaban J connectivity index is 1.64. The molecule has 0 radical (unpaired) electrons. The Morgan fingerprint density at radius 1 is 1.09 bits per heavy atom. The zero-order chi connectivity index (χ0) is 25.2. The molecule has 0 aliphatic carbocycles. The summed E-state index contributed by atoms with van der Waals surface area (Å²) < 4.78 is 38.3. The average Bonchev–Trinajstić information content (AvgIpc) is 3.38. The Hall–Kier alpha value is -2.76. The smallest absolute Gasteiger partial charge is 0.244 e. The molecule has 2 amide bonds. The van der Waals surface area contributed by atoms with Crippen LogP contribution in [0.4, 0.5) is 11.4 Å². The maximum Gasteiger partial charge on any atom is 0.244 e. The second-order valence-electron chi connectivity index (χ2n) is 8.53. The highest BCUT2D eigenvalue weighted by Crippen LogP contribution is 2.38. The summed E-state index contributed by atoms with van der Waals surface area (Å²) in [5.74, 6) is 0.567. The molecule has 2 aromatic rings. The molecule has 0 aromatic heterocycles. The lowest BCUT2D eigenvalue weighted by Gasteiger charge is -2.25. The predicted molar refractivity (Wildman–Crippen MR) is 135 cm³/mol. The standard InChI is InChI=1S/C24H29N3O6S2/c1-16-15-34-22-7-6-20(35(30,31)26-8-4-5-9-26)13-21(22)27(24(16)29)14-23(28)25-17-10-18(32-2)12-19(11-17)33-3/h6-7,10-13,16H,4-5,8-9,14-15H2,1-3H3,(H,25,28). The van der Waals surface area contributed by atoms with E-state index in [1.807, 2.05) is 0 Å². The van der Waals surface area contributed by atoms with Crippen LogP contribution in [0.15, 0.2) is 46.2 Å². The molecule has 1 N–H and O–H groups in total. The number of hydrogen-bond donors (Lipinski definition) is 1. The molecular formula is C24H29N3O6S2. The van der Waals surface area contributed by atoms with Crippen LogP contribution in [-0.4, -0.2) is 64.1 Å². The number of sulfonamides is 1. The number of rotatable bonds is 7. The fraction of sp³-hybridized carbons (Fsp3) is 0.417. The summed E-state index contributed by atoms with van der Waals surface area (Å²) in [6, 6.07) is 9.82. The van der Waals surface area contributed by atoms with E-state index in [4.69, 9.17) is 9.47 Å². The zero-order valence-electron chi connectivity index (χ0n) is 19.9. The maximum atomic E-state index is 13.2. The second-order valence-corrected chi connectivity index (χ2v) is 11.5. The number of methoxy groups -OCH3 is 2. The summed E-state index contributed by atoms with van der Waals surface area (Å²) in [5, 5.41) is 2.79. The Bertz CT molecular complexity index is 1210. The number of nitrogens with zero attached hydrogens (tertiary/aromatic N) is 2. The van der Waals surface area contributed by atoms with E-state index >= 15 is 0 Å². The summed E-state index contributed by atoms with van der Waals surface area (Å²) in [5.41, 5.74) is 0.893. The molecular weight excluding hydrogens is 490 g/mol. The van der Waals surface area contributed by atoms with Crippen LogP contribution in [0.5, 0.6) is 11.5 Å². The fourth-order valence-electron chi connectivity index (χ4n) is 4.13. The van der Waals surface area contributed by atoms with Gasteiger partial charge in [-0.1, -0.05) is 6.92 Å². The third-order valence-electron chi connectivity index (χ3n) is 6.04. The molecule has 0 spiro atoms. The molecule has 1 fully saturated rings. The fourth-order valence-corrected chi connectivity index (χ4v) is 6.72. The van der Waals surface area contributed by atoms with Crippen molar-refractivity contribution in [1.29, 1.82) is 0 Å². The van der Waals surface area contributed by atoms with E-state index < -0.39 is 15.9 Å². The van der Waals surface area contributed by atoms with Crippen molar-refractivity contribution in [2.75, 3.05) is 49.8 Å². The Kier molecular flexibility index (Phi) is 7.58. The van der Waals surface area contributed by atoms with E-state index in [2.05, 4.69) is 5.32 Å². The average molecular weight is 520 g/mol. The van der Waals surface area contributed by atoms with Crippen molar-refractivity contribution < 1.29 is 27.5 Å². The Morgan fingerprint density at radius 3 is 2.37 bits per heavy atom. The number of benzene rings is 2. The summed E-state index contributed by atoms with van der Waals surface area (Å²) in [6.45, 7) is 2.52. The van der Waals surface area contributed by atoms with Gasteiger partial charge < -0.3 is 19.7 Å². The number of nitrogens with one attached hydrogen (secondary N) is 1. The molecule has 1 unspecified atom stereocenters. The van der Waals surface area contributed by atoms with E-state index in [0.29, 0.717) is 41.7 Å². The zero-order valence-corrected chi connectivity index (χ0v) is 21.6. The van der Waals surface area contributed by atoms with Crippen LogP contribution in [0.1, 0.15) is 19.8 Å². The summed E-state index contributed by atoms with van der Waals surface area (Å²) in [7, 11) is -0.645. The van der Waals surface area contributed by atoms with E-state index in [9.17, 15) is 18.0 Å². The van der Waals surface area contributed by atoms with Gasteiger partial charge >= 0.3 is 0 Å². The van der Waals surface area contributed by atoms with Gasteiger partial charge in [0, 0.05) is 53.5 Å². The normalized spacial score (nSPS) is 18.7. The largest absolute Gasteiger partial charge is 0.497 e. The highest BCUT2D eigenvalue weighted by molar-refractivity contribution is 7.99. The van der Waals surface area contributed by atoms with Crippen molar-refractivity contribution in [2.24, 2.45) is 5.92 Å². The molecule has 9 nitrogen and oxygen atoms in total. The van der Waals surface area contributed by atoms with Gasteiger partial charge in [0.25, 0.3) is 0 Å². The second kappa shape index (κ2) is 10.5. The molecule has 0 bridgehead atoms. The minimum atomic E-state index is -3.67. The molecule has 4 rings (SSSR count). The van der Waals surface area contributed by atoms with Gasteiger partial charge in [-0.05, 0) is 31.0 Å². The van der Waals surface area contributed by atoms with Crippen molar-refractivity contribution in [3.63, 3.8) is 0 Å². The van der Waals surface area contributed by atoms with Crippen LogP contribution in [0.2, 0.25) is 0 Å². The highest BCUT2D eigenvalue weighted by Gasteiger charge is 2.33. The lowest BCUT2D eigenvalue weighted by atomic mass is 10.1. The molecule has 1 atom stereocenters. The Morgan fingerprint density at radius 2 is 1.74 bits per heavy atom. The van der Waals surface area contributed by atoms with Crippen LogP contribution < -0.4 is 19.7 Å². The van der Waals surface area contributed by atoms with E-state index in [1.165, 1.54) is 41.3 Å². The van der Waals surface area contributed by atoms with E-state index in [0.717, 1.165) is 17.7 Å². The first-order valence-electron chi connectivity index (χ1n) is 11.3. The molecule has 0 saturated carbocycles. The molecule has 2 aliphatic rings. The van der Waals surface area contributed by atoms with Crippen molar-refractivity contribution >= 4 is 45.0 Å². The number of amides is 2. The number of carbonyl (C=O) groups is 2. The van der Waals surface area contributed by atoms with Crippen molar-refractivity contribution in [3.8, 4) is 11.5 Å². The molecule has 2 aromatic carbocycles. The molecule has 2 aliphatic heterocycles. The van der Waals surface area contributed by atoms with Crippen molar-refractivity contribution in [1.82, 2.24) is 4.31 Å². The first kappa shape index (κ1) is 25.3. The molecule has 1 saturated heterocycles. The quantitative estimate of drug-likeness (QED) is 0.599. The third kappa shape index (κ3) is 5.41. The van der Waals surface area contributed by atoms with Gasteiger partial charge in [0.05, 0.1) is 24.8 Å². The number of fused-ring (bicyclic) bond motifs is 1. The molecule has 35 heavy (non-hydrogen) atoms. The minimum Gasteiger partial charge on any atom is -0.497 e. The van der Waals surface area contributed by atoms with Crippen molar-refractivity contribution in [3.05, 3.63) is 36.4 Å². The SMILES string of the molecule is COc1cc(NC(=O)CN2C(=O)C(C)CSc3ccc(S(=O)(=O)N4CCCC4)cc32)cc(OC)c1. The van der Waals surface area contributed by atoms with Crippen LogP contribution in [-0.2, 0) is 19.6 Å². The van der Waals surface area contributed by atoms with Gasteiger partial charge in [0.15, 0.2) is 0 Å². The van der Waals surface area contributed by atoms with Crippen LogP contribution in [0, 0.1) is 5.92 Å². The van der Waals surface area contributed by atoms with Gasteiger partial charge in [0.2, 0.25) is 21.8 Å². The number of anilines is 2. The Labute approximate surface area is 209 Å². The van der Waals surface area contributed by atoms with Gasteiger partial charge in [-0.3, -0.25) is 9.59 Å². The lowest BCUT2D eigenvalue weighted by Crippen LogP contribution is -2.41. The summed E-state index contributed by atoms with van der Waals surface area (Å²) >= 11 is 1.48. The first-order chi connectivity index (χ1) is 16.7. The van der Waals surface area contributed by atoms with Crippen molar-refractivity contribution in [2.45, 2.75) is 29.6 Å². The molecule has 188 valence electrons. The third-order valence-corrected chi connectivity index (χ3v) is 9.25. The van der Waals surface area contributed by atoms with Gasteiger partial charge in [0.1, 0.15) is 18.0 Å². The highest BCUT2D eigenvalue weighted by atomic mass is 32.2. The van der Waals surface area contributed by atoms with E-state index in [1.54, 1.807) is 37.3 Å². The maximum absolute atomic E-state index is 13.2. The first-order valence-corrected chi connectivity index (χ1v) is 13.8. The number of ether oxygens (including phenoxy) is 2. The summed E-state index contributed by atoms with van der Waals surface area (Å²) in [4.78, 5) is 28.5. The number of hydrogen-bond acceptors (Lipinski definition) is 7. The van der Waals surface area contributed by atoms with Gasteiger partial charge in [-0.15, -0.1) is 11.8 Å². The molecule has 2 heterocycles. The topological polar surface area (TPSA) is 105 Å². The lowest BCUT2D eigenvalue weighted by molar-refractivity contribution is -0.123. The van der Waals surface area contributed by atoms with Crippen LogP contribution >= 0.6 is 11.8 Å². The van der Waals surface area contributed by atoms with Gasteiger partial charge in [-0.2, -0.15) is 4.31 Å². The summed E-state index contributed by atoms with van der Waals surface area (Å²) in [6.07, 6.45) is 1.66. The predicted octanol–water partition coefficient (Wildman–Crippen LogP) is 3.20. The number of thioether (sulfide) groups is 1. The van der Waals surface area contributed by atoms with Crippen LogP contribution in [0.3, 0.4) is 0 Å².